The van der Waals surface area contributed by atoms with E-state index in [0.29, 0.717) is 19.1 Å². The van der Waals surface area contributed by atoms with E-state index in [1.807, 2.05) is 18.2 Å². The molecule has 5 nitrogen and oxygen atoms in total. The first-order valence-corrected chi connectivity index (χ1v) is 9.46. The molecule has 0 aromatic heterocycles. The summed E-state index contributed by atoms with van der Waals surface area (Å²) in [6, 6.07) is 2.46. The van der Waals surface area contributed by atoms with Gasteiger partial charge in [0.25, 0.3) is 0 Å². The molecule has 3 aliphatic rings. The van der Waals surface area contributed by atoms with Crippen molar-refractivity contribution < 1.29 is 18.3 Å². The van der Waals surface area contributed by atoms with Gasteiger partial charge >= 0.3 is 0 Å². The topological polar surface area (TPSA) is 51.0 Å². The van der Waals surface area contributed by atoms with Gasteiger partial charge in [0, 0.05) is 19.3 Å². The molecule has 2 unspecified atom stereocenters. The van der Waals surface area contributed by atoms with E-state index in [4.69, 9.17) is 15.2 Å². The highest BCUT2D eigenvalue weighted by atomic mass is 19.2. The maximum absolute atomic E-state index is 13.9. The molecule has 0 radical (unpaired) electrons. The van der Waals surface area contributed by atoms with Crippen LogP contribution in [-0.4, -0.2) is 54.9 Å². The van der Waals surface area contributed by atoms with Gasteiger partial charge in [0.2, 0.25) is 11.6 Å². The summed E-state index contributed by atoms with van der Waals surface area (Å²) >= 11 is 0. The highest BCUT2D eigenvalue weighted by Crippen LogP contribution is 2.35. The quantitative estimate of drug-likeness (QED) is 0.874. The number of ether oxygens (including phenoxy) is 2. The van der Waals surface area contributed by atoms with Crippen molar-refractivity contribution in [1.82, 2.24) is 9.80 Å². The standard InChI is InChI=1S/C20H25F2N3O2/c21-16-4-5-17-20(19(16)22)27-15(13-26-17)12-24-9-6-14(7-10-24)11-25-8-2-1-3-18(25)23/h1-5,8,14-15,18H,6-7,9-13,23H2. The predicted molar refractivity (Wildman–Crippen MR) is 98.4 cm³/mol. The molecule has 0 aliphatic carbocycles. The molecule has 2 N–H and O–H groups in total. The summed E-state index contributed by atoms with van der Waals surface area (Å²) in [6.45, 7) is 3.85. The summed E-state index contributed by atoms with van der Waals surface area (Å²) in [7, 11) is 0. The molecule has 1 saturated heterocycles. The molecule has 0 spiro atoms. The lowest BCUT2D eigenvalue weighted by atomic mass is 9.95. The van der Waals surface area contributed by atoms with Crippen molar-refractivity contribution in [2.45, 2.75) is 25.1 Å². The molecule has 0 bridgehead atoms. The van der Waals surface area contributed by atoms with E-state index in [2.05, 4.69) is 16.0 Å². The molecule has 2 atom stereocenters. The van der Waals surface area contributed by atoms with E-state index in [1.165, 1.54) is 6.07 Å². The average Bonchev–Trinajstić information content (AvgIpc) is 2.68. The van der Waals surface area contributed by atoms with Crippen molar-refractivity contribution >= 4 is 0 Å². The number of hydrogen-bond donors (Lipinski definition) is 1. The number of allylic oxidation sites excluding steroid dienone is 2. The number of fused-ring (bicyclic) bond motifs is 1. The molecule has 0 amide bonds. The van der Waals surface area contributed by atoms with Gasteiger partial charge in [-0.2, -0.15) is 4.39 Å². The largest absolute Gasteiger partial charge is 0.486 e. The molecule has 1 aromatic carbocycles. The minimum Gasteiger partial charge on any atom is -0.486 e. The number of nitrogens with two attached hydrogens (primary N) is 1. The third-order valence-electron chi connectivity index (χ3n) is 5.44. The number of rotatable bonds is 4. The zero-order valence-corrected chi connectivity index (χ0v) is 15.2. The van der Waals surface area contributed by atoms with Gasteiger partial charge in [-0.25, -0.2) is 4.39 Å². The van der Waals surface area contributed by atoms with Crippen LogP contribution < -0.4 is 15.2 Å². The molecule has 146 valence electrons. The van der Waals surface area contributed by atoms with Crippen molar-refractivity contribution in [2.75, 3.05) is 32.8 Å². The number of likely N-dealkylation sites (tertiary alicyclic amines) is 1. The normalized spacial score (nSPS) is 25.8. The van der Waals surface area contributed by atoms with Crippen LogP contribution in [0.3, 0.4) is 0 Å². The highest BCUT2D eigenvalue weighted by molar-refractivity contribution is 5.42. The van der Waals surface area contributed by atoms with Crippen LogP contribution in [-0.2, 0) is 0 Å². The molecule has 3 aliphatic heterocycles. The fourth-order valence-electron chi connectivity index (χ4n) is 3.88. The molecule has 0 saturated carbocycles. The Balaban J connectivity index is 1.27. The number of piperidine rings is 1. The maximum atomic E-state index is 13.9. The van der Waals surface area contributed by atoms with Gasteiger partial charge < -0.3 is 20.1 Å². The summed E-state index contributed by atoms with van der Waals surface area (Å²) in [5.41, 5.74) is 6.10. The van der Waals surface area contributed by atoms with E-state index in [1.54, 1.807) is 0 Å². The number of hydrogen-bond acceptors (Lipinski definition) is 5. The number of nitrogens with zero attached hydrogens (tertiary/aromatic N) is 2. The third-order valence-corrected chi connectivity index (χ3v) is 5.44. The third kappa shape index (κ3) is 4.09. The van der Waals surface area contributed by atoms with Gasteiger partial charge in [-0.1, -0.05) is 6.08 Å². The van der Waals surface area contributed by atoms with Gasteiger partial charge in [-0.15, -0.1) is 0 Å². The fraction of sp³-hybridized carbons (Fsp3) is 0.500. The van der Waals surface area contributed by atoms with E-state index in [0.717, 1.165) is 38.5 Å². The molecule has 7 heteroatoms. The Bertz CT molecular complexity index is 732. The summed E-state index contributed by atoms with van der Waals surface area (Å²) in [4.78, 5) is 4.48. The van der Waals surface area contributed by atoms with Crippen molar-refractivity contribution in [2.24, 2.45) is 11.7 Å². The van der Waals surface area contributed by atoms with Crippen molar-refractivity contribution in [3.63, 3.8) is 0 Å². The van der Waals surface area contributed by atoms with E-state index < -0.39 is 11.6 Å². The van der Waals surface area contributed by atoms with Gasteiger partial charge in [-0.05, 0) is 56.1 Å². The maximum Gasteiger partial charge on any atom is 0.204 e. The first-order chi connectivity index (χ1) is 13.1. The van der Waals surface area contributed by atoms with Crippen molar-refractivity contribution in [1.29, 1.82) is 0 Å². The summed E-state index contributed by atoms with van der Waals surface area (Å²) in [5.74, 6) is -1.14. The van der Waals surface area contributed by atoms with Crippen LogP contribution >= 0.6 is 0 Å². The minimum absolute atomic E-state index is 0.0452. The molecular weight excluding hydrogens is 352 g/mol. The average molecular weight is 377 g/mol. The minimum atomic E-state index is -0.976. The molecular formula is C20H25F2N3O2. The smallest absolute Gasteiger partial charge is 0.204 e. The van der Waals surface area contributed by atoms with Gasteiger partial charge in [-0.3, -0.25) is 4.90 Å². The molecule has 27 heavy (non-hydrogen) atoms. The Labute approximate surface area is 158 Å². The van der Waals surface area contributed by atoms with Gasteiger partial charge in [0.15, 0.2) is 11.6 Å². The van der Waals surface area contributed by atoms with Crippen LogP contribution in [0.5, 0.6) is 11.5 Å². The Morgan fingerprint density at radius 3 is 2.70 bits per heavy atom. The summed E-state index contributed by atoms with van der Waals surface area (Å²) in [5, 5.41) is 0. The zero-order chi connectivity index (χ0) is 18.8. The Hall–Kier alpha value is -2.12. The lowest BCUT2D eigenvalue weighted by molar-refractivity contribution is 0.0414. The first kappa shape index (κ1) is 18.3. The lowest BCUT2D eigenvalue weighted by Crippen LogP contribution is -2.46. The zero-order valence-electron chi connectivity index (χ0n) is 15.2. The molecule has 1 aromatic rings. The Morgan fingerprint density at radius 2 is 1.93 bits per heavy atom. The van der Waals surface area contributed by atoms with Crippen LogP contribution in [0.2, 0.25) is 0 Å². The van der Waals surface area contributed by atoms with Crippen LogP contribution in [0.15, 0.2) is 36.6 Å². The number of benzene rings is 1. The lowest BCUT2D eigenvalue weighted by Gasteiger charge is -2.38. The van der Waals surface area contributed by atoms with Crippen molar-refractivity contribution in [3.05, 3.63) is 48.2 Å². The van der Waals surface area contributed by atoms with E-state index >= 15 is 0 Å². The Morgan fingerprint density at radius 1 is 1.11 bits per heavy atom. The van der Waals surface area contributed by atoms with Crippen LogP contribution in [0.1, 0.15) is 12.8 Å². The summed E-state index contributed by atoms with van der Waals surface area (Å²) in [6.07, 6.45) is 9.85. The molecule has 3 heterocycles. The second kappa shape index (κ2) is 7.86. The number of halogens is 2. The summed E-state index contributed by atoms with van der Waals surface area (Å²) < 4.78 is 38.6. The molecule has 4 rings (SSSR count). The predicted octanol–water partition coefficient (Wildman–Crippen LogP) is 2.49. The molecule has 1 fully saturated rings. The Kier molecular flexibility index (Phi) is 5.31. The van der Waals surface area contributed by atoms with E-state index in [-0.39, 0.29) is 23.8 Å². The highest BCUT2D eigenvalue weighted by Gasteiger charge is 2.29. The van der Waals surface area contributed by atoms with Crippen LogP contribution in [0.4, 0.5) is 8.78 Å². The fourth-order valence-corrected chi connectivity index (χ4v) is 3.88. The van der Waals surface area contributed by atoms with Gasteiger partial charge in [0.1, 0.15) is 12.7 Å². The van der Waals surface area contributed by atoms with Crippen molar-refractivity contribution in [3.8, 4) is 11.5 Å². The van der Waals surface area contributed by atoms with Gasteiger partial charge in [0.05, 0.1) is 6.17 Å². The van der Waals surface area contributed by atoms with Crippen LogP contribution in [0, 0.1) is 17.6 Å². The SMILES string of the molecule is NC1C=CC=CN1CC1CCN(CC2COc3ccc(F)c(F)c3O2)CC1. The van der Waals surface area contributed by atoms with E-state index in [9.17, 15) is 8.78 Å². The van der Waals surface area contributed by atoms with Crippen LogP contribution in [0.25, 0.3) is 0 Å². The monoisotopic (exact) mass is 377 g/mol. The first-order valence-electron chi connectivity index (χ1n) is 9.46. The second-order valence-corrected chi connectivity index (χ2v) is 7.40. The second-order valence-electron chi connectivity index (χ2n) is 7.40.